The molecule has 0 spiro atoms. The molecule has 0 nitrogen and oxygen atoms in total. The van der Waals surface area contributed by atoms with E-state index in [0.717, 1.165) is 6.42 Å². The molecule has 0 aromatic carbocycles. The van der Waals surface area contributed by atoms with Crippen LogP contribution in [0.25, 0.3) is 0 Å². The summed E-state index contributed by atoms with van der Waals surface area (Å²) in [6.07, 6.45) is 17.8. The molecule has 0 heterocycles. The molecule has 0 atom stereocenters. The quantitative estimate of drug-likeness (QED) is 0.552. The van der Waals surface area contributed by atoms with Gasteiger partial charge < -0.3 is 0 Å². The van der Waals surface area contributed by atoms with Gasteiger partial charge in [-0.15, -0.1) is 0 Å². The van der Waals surface area contributed by atoms with Gasteiger partial charge in [-0.1, -0.05) is 59.8 Å². The van der Waals surface area contributed by atoms with E-state index in [9.17, 15) is 0 Å². The molecule has 15 heavy (non-hydrogen) atoms. The lowest BCUT2D eigenvalue weighted by Gasteiger charge is -1.90. The van der Waals surface area contributed by atoms with Gasteiger partial charge in [0.05, 0.1) is 0 Å². The maximum Gasteiger partial charge on any atom is -0.0163 e. The zero-order valence-electron chi connectivity index (χ0n) is 10.3. The van der Waals surface area contributed by atoms with Crippen molar-refractivity contribution in [3.8, 4) is 0 Å². The minimum Gasteiger partial charge on any atom is -0.0877 e. The monoisotopic (exact) mass is 202 g/mol. The van der Waals surface area contributed by atoms with E-state index in [1.807, 2.05) is 19.1 Å². The molecule has 0 rings (SSSR count). The summed E-state index contributed by atoms with van der Waals surface area (Å²) in [4.78, 5) is 0. The van der Waals surface area contributed by atoms with Crippen molar-refractivity contribution in [1.29, 1.82) is 0 Å². The summed E-state index contributed by atoms with van der Waals surface area (Å²) < 4.78 is 0. The van der Waals surface area contributed by atoms with Crippen molar-refractivity contribution in [2.24, 2.45) is 0 Å². The number of allylic oxidation sites excluding steroid dienone is 10. The molecule has 0 aromatic rings. The van der Waals surface area contributed by atoms with Gasteiger partial charge in [-0.3, -0.25) is 0 Å². The maximum absolute atomic E-state index is 2.18. The summed E-state index contributed by atoms with van der Waals surface area (Å²) in [7, 11) is 0. The van der Waals surface area contributed by atoms with E-state index in [0.29, 0.717) is 0 Å². The lowest BCUT2D eigenvalue weighted by atomic mass is 10.2. The van der Waals surface area contributed by atoms with Crippen LogP contribution in [0, 0.1) is 0 Å². The molecule has 0 N–H and O–H groups in total. The molecule has 0 heteroatoms. The van der Waals surface area contributed by atoms with Crippen molar-refractivity contribution >= 4 is 0 Å². The standard InChI is InChI=1S/C15H22/c1-5-6-7-8-9-10-11-12-15(4)13-14(2)3/h5-8,10-13H,9H2,1-4H3. The van der Waals surface area contributed by atoms with Crippen molar-refractivity contribution in [2.45, 2.75) is 34.1 Å². The van der Waals surface area contributed by atoms with Crippen LogP contribution in [0.3, 0.4) is 0 Å². The van der Waals surface area contributed by atoms with E-state index >= 15 is 0 Å². The predicted molar refractivity (Wildman–Crippen MR) is 70.9 cm³/mol. The van der Waals surface area contributed by atoms with Gasteiger partial charge in [0.1, 0.15) is 0 Å². The van der Waals surface area contributed by atoms with Gasteiger partial charge in [-0.25, -0.2) is 0 Å². The molecule has 0 fully saturated rings. The van der Waals surface area contributed by atoms with E-state index in [1.165, 1.54) is 11.1 Å². The van der Waals surface area contributed by atoms with Crippen LogP contribution in [-0.4, -0.2) is 0 Å². The Kier molecular flexibility index (Phi) is 8.46. The topological polar surface area (TPSA) is 0 Å². The maximum atomic E-state index is 2.18. The Morgan fingerprint density at radius 1 is 0.933 bits per heavy atom. The van der Waals surface area contributed by atoms with Crippen molar-refractivity contribution in [3.05, 3.63) is 59.8 Å². The first kappa shape index (κ1) is 13.7. The first-order valence-electron chi connectivity index (χ1n) is 5.43. The van der Waals surface area contributed by atoms with Crippen LogP contribution in [0.15, 0.2) is 59.8 Å². The summed E-state index contributed by atoms with van der Waals surface area (Å²) in [5.74, 6) is 0. The minimum atomic E-state index is 0.989. The second kappa shape index (κ2) is 9.26. The summed E-state index contributed by atoms with van der Waals surface area (Å²) >= 11 is 0. The van der Waals surface area contributed by atoms with Crippen LogP contribution in [0.1, 0.15) is 34.1 Å². The third-order valence-electron chi connectivity index (χ3n) is 1.72. The van der Waals surface area contributed by atoms with Crippen LogP contribution in [0.5, 0.6) is 0 Å². The van der Waals surface area contributed by atoms with Crippen molar-refractivity contribution in [1.82, 2.24) is 0 Å². The average Bonchev–Trinajstić information content (AvgIpc) is 2.15. The van der Waals surface area contributed by atoms with E-state index in [1.54, 1.807) is 0 Å². The van der Waals surface area contributed by atoms with Crippen LogP contribution in [0.2, 0.25) is 0 Å². The fourth-order valence-electron chi connectivity index (χ4n) is 1.15. The smallest absolute Gasteiger partial charge is 0.0163 e. The summed E-state index contributed by atoms with van der Waals surface area (Å²) in [6, 6.07) is 0. The zero-order chi connectivity index (χ0) is 11.5. The minimum absolute atomic E-state index is 0.989. The van der Waals surface area contributed by atoms with Gasteiger partial charge in [0.2, 0.25) is 0 Å². The number of hydrogen-bond acceptors (Lipinski definition) is 0. The molecule has 0 aliphatic heterocycles. The SMILES string of the molecule is CC=CC=CCC=CC=C(C)C=C(C)C. The second-order valence-electron chi connectivity index (χ2n) is 3.75. The number of rotatable bonds is 5. The molecule has 0 unspecified atom stereocenters. The normalized spacial score (nSPS) is 13.2. The van der Waals surface area contributed by atoms with E-state index < -0.39 is 0 Å². The van der Waals surface area contributed by atoms with E-state index in [2.05, 4.69) is 57.2 Å². The third-order valence-corrected chi connectivity index (χ3v) is 1.72. The molecular weight excluding hydrogens is 180 g/mol. The summed E-state index contributed by atoms with van der Waals surface area (Å²) in [6.45, 7) is 8.36. The first-order valence-corrected chi connectivity index (χ1v) is 5.43. The van der Waals surface area contributed by atoms with Crippen LogP contribution < -0.4 is 0 Å². The number of hydrogen-bond donors (Lipinski definition) is 0. The van der Waals surface area contributed by atoms with E-state index in [4.69, 9.17) is 0 Å². The van der Waals surface area contributed by atoms with Crippen LogP contribution in [0.4, 0.5) is 0 Å². The van der Waals surface area contributed by atoms with Crippen LogP contribution in [-0.2, 0) is 0 Å². The molecule has 0 bridgehead atoms. The largest absolute Gasteiger partial charge is 0.0877 e. The fourth-order valence-corrected chi connectivity index (χ4v) is 1.15. The highest BCUT2D eigenvalue weighted by Gasteiger charge is 1.79. The molecular formula is C15H22. The Morgan fingerprint density at radius 3 is 2.20 bits per heavy atom. The molecule has 0 amide bonds. The Balaban J connectivity index is 3.94. The Morgan fingerprint density at radius 2 is 1.60 bits per heavy atom. The van der Waals surface area contributed by atoms with Gasteiger partial charge >= 0.3 is 0 Å². The fraction of sp³-hybridized carbons (Fsp3) is 0.333. The third kappa shape index (κ3) is 10.6. The van der Waals surface area contributed by atoms with Gasteiger partial charge in [-0.2, -0.15) is 0 Å². The molecule has 0 saturated carbocycles. The van der Waals surface area contributed by atoms with Gasteiger partial charge in [0, 0.05) is 0 Å². The van der Waals surface area contributed by atoms with E-state index in [-0.39, 0.29) is 0 Å². The first-order chi connectivity index (χ1) is 7.16. The molecule has 0 saturated heterocycles. The zero-order valence-corrected chi connectivity index (χ0v) is 10.3. The average molecular weight is 202 g/mol. The van der Waals surface area contributed by atoms with Gasteiger partial charge in [-0.05, 0) is 34.1 Å². The molecule has 82 valence electrons. The summed E-state index contributed by atoms with van der Waals surface area (Å²) in [5, 5.41) is 0. The van der Waals surface area contributed by atoms with Crippen molar-refractivity contribution < 1.29 is 0 Å². The highest BCUT2D eigenvalue weighted by molar-refractivity contribution is 5.24. The Labute approximate surface area is 94.4 Å². The Hall–Kier alpha value is -1.30. The summed E-state index contributed by atoms with van der Waals surface area (Å²) in [5.41, 5.74) is 2.63. The van der Waals surface area contributed by atoms with Crippen molar-refractivity contribution in [3.63, 3.8) is 0 Å². The van der Waals surface area contributed by atoms with Gasteiger partial charge in [0.15, 0.2) is 0 Å². The Bertz CT molecular complexity index is 292. The molecule has 0 aliphatic rings. The molecule has 0 radical (unpaired) electrons. The lowest BCUT2D eigenvalue weighted by molar-refractivity contribution is 1.34. The lowest BCUT2D eigenvalue weighted by Crippen LogP contribution is -1.69. The van der Waals surface area contributed by atoms with Crippen LogP contribution >= 0.6 is 0 Å². The van der Waals surface area contributed by atoms with Crippen molar-refractivity contribution in [2.75, 3.05) is 0 Å². The molecule has 0 aromatic heterocycles. The molecule has 0 aliphatic carbocycles. The second-order valence-corrected chi connectivity index (χ2v) is 3.75. The predicted octanol–water partition coefficient (Wildman–Crippen LogP) is 4.98. The van der Waals surface area contributed by atoms with Gasteiger partial charge in [0.25, 0.3) is 0 Å². The highest BCUT2D eigenvalue weighted by atomic mass is 13.9. The highest BCUT2D eigenvalue weighted by Crippen LogP contribution is 2.00.